The number of halogens is 3. The van der Waals surface area contributed by atoms with Crippen molar-refractivity contribution in [1.82, 2.24) is 10.2 Å². The molecule has 2 fully saturated rings. The van der Waals surface area contributed by atoms with E-state index >= 15 is 0 Å². The van der Waals surface area contributed by atoms with E-state index in [2.05, 4.69) is 24.1 Å². The van der Waals surface area contributed by atoms with Crippen LogP contribution in [0.15, 0.2) is 54.6 Å². The highest BCUT2D eigenvalue weighted by atomic mass is 19.4. The number of fused-ring (bicyclic) bond motifs is 1. The van der Waals surface area contributed by atoms with Crippen molar-refractivity contribution >= 4 is 5.91 Å². The zero-order chi connectivity index (χ0) is 24.3. The molecule has 0 radical (unpaired) electrons. The SMILES string of the molecule is CC(C)C(C(=O)N[C@H]1CC[C@@H]2CN(CCCc3cccc(C(F)(F)F)c3)C[C@@H]21)c1ccccc1. The van der Waals surface area contributed by atoms with Gasteiger partial charge in [0.05, 0.1) is 11.5 Å². The van der Waals surface area contributed by atoms with Crippen LogP contribution in [0, 0.1) is 17.8 Å². The third-order valence-corrected chi connectivity index (χ3v) is 7.56. The summed E-state index contributed by atoms with van der Waals surface area (Å²) in [5.74, 6) is 1.24. The van der Waals surface area contributed by atoms with E-state index in [1.54, 1.807) is 6.07 Å². The molecule has 1 N–H and O–H groups in total. The molecule has 0 aromatic heterocycles. The second-order valence-corrected chi connectivity index (χ2v) is 10.3. The van der Waals surface area contributed by atoms with E-state index in [4.69, 9.17) is 0 Å². The number of likely N-dealkylation sites (tertiary alicyclic amines) is 1. The van der Waals surface area contributed by atoms with Crippen molar-refractivity contribution in [3.05, 3.63) is 71.3 Å². The molecule has 6 heteroatoms. The van der Waals surface area contributed by atoms with Gasteiger partial charge in [0, 0.05) is 19.1 Å². The highest BCUT2D eigenvalue weighted by Gasteiger charge is 2.43. The number of amides is 1. The smallest absolute Gasteiger partial charge is 0.352 e. The van der Waals surface area contributed by atoms with Crippen molar-refractivity contribution in [3.63, 3.8) is 0 Å². The number of nitrogens with one attached hydrogen (secondary N) is 1. The summed E-state index contributed by atoms with van der Waals surface area (Å²) in [6.07, 6.45) is -0.669. The molecule has 184 valence electrons. The number of alkyl halides is 3. The molecule has 4 rings (SSSR count). The number of benzene rings is 2. The fourth-order valence-corrected chi connectivity index (χ4v) is 5.90. The predicted molar refractivity (Wildman–Crippen MR) is 128 cm³/mol. The van der Waals surface area contributed by atoms with Crippen LogP contribution in [0.25, 0.3) is 0 Å². The molecule has 0 spiro atoms. The van der Waals surface area contributed by atoms with Gasteiger partial charge in [0.15, 0.2) is 0 Å². The highest BCUT2D eigenvalue weighted by Crippen LogP contribution is 2.39. The van der Waals surface area contributed by atoms with Crippen molar-refractivity contribution in [2.75, 3.05) is 19.6 Å². The van der Waals surface area contributed by atoms with Gasteiger partial charge >= 0.3 is 6.18 Å². The molecular weight excluding hydrogens is 437 g/mol. The lowest BCUT2D eigenvalue weighted by Gasteiger charge is -2.26. The zero-order valence-corrected chi connectivity index (χ0v) is 20.0. The molecule has 1 saturated heterocycles. The van der Waals surface area contributed by atoms with Crippen LogP contribution in [0.1, 0.15) is 55.7 Å². The number of aryl methyl sites for hydroxylation is 1. The van der Waals surface area contributed by atoms with Crippen molar-refractivity contribution in [1.29, 1.82) is 0 Å². The Hall–Kier alpha value is -2.34. The van der Waals surface area contributed by atoms with Gasteiger partial charge < -0.3 is 10.2 Å². The molecule has 2 aromatic carbocycles. The summed E-state index contributed by atoms with van der Waals surface area (Å²) >= 11 is 0. The van der Waals surface area contributed by atoms with E-state index in [-0.39, 0.29) is 23.8 Å². The average Bonchev–Trinajstić information content (AvgIpc) is 3.35. The number of nitrogens with zero attached hydrogens (tertiary/aromatic N) is 1. The van der Waals surface area contributed by atoms with Crippen LogP contribution in [-0.2, 0) is 17.4 Å². The molecule has 2 aromatic rings. The van der Waals surface area contributed by atoms with Gasteiger partial charge in [-0.3, -0.25) is 4.79 Å². The molecule has 34 heavy (non-hydrogen) atoms. The van der Waals surface area contributed by atoms with Gasteiger partial charge in [0.1, 0.15) is 0 Å². The fourth-order valence-electron chi connectivity index (χ4n) is 5.90. The minimum atomic E-state index is -4.29. The molecule has 1 aliphatic carbocycles. The first-order valence-electron chi connectivity index (χ1n) is 12.5. The number of carbonyl (C=O) groups excluding carboxylic acids is 1. The molecule has 0 bridgehead atoms. The van der Waals surface area contributed by atoms with E-state index in [0.717, 1.165) is 56.1 Å². The minimum Gasteiger partial charge on any atom is -0.352 e. The number of hydrogen-bond donors (Lipinski definition) is 1. The maximum Gasteiger partial charge on any atom is 0.416 e. The van der Waals surface area contributed by atoms with Crippen molar-refractivity contribution in [3.8, 4) is 0 Å². The number of rotatable bonds is 8. The third kappa shape index (κ3) is 5.83. The van der Waals surface area contributed by atoms with Crippen LogP contribution in [0.4, 0.5) is 13.2 Å². The lowest BCUT2D eigenvalue weighted by atomic mass is 9.87. The summed E-state index contributed by atoms with van der Waals surface area (Å²) in [5, 5.41) is 3.38. The molecule has 1 aliphatic heterocycles. The van der Waals surface area contributed by atoms with Crippen molar-refractivity contribution in [2.24, 2.45) is 17.8 Å². The van der Waals surface area contributed by atoms with Gasteiger partial charge in [-0.1, -0.05) is 62.4 Å². The molecule has 3 nitrogen and oxygen atoms in total. The van der Waals surface area contributed by atoms with Crippen molar-refractivity contribution in [2.45, 2.75) is 57.7 Å². The lowest BCUT2D eigenvalue weighted by molar-refractivity contribution is -0.137. The Bertz CT molecular complexity index is 960. The first kappa shape index (κ1) is 24.8. The Labute approximate surface area is 200 Å². The van der Waals surface area contributed by atoms with Crippen LogP contribution in [0.3, 0.4) is 0 Å². The quantitative estimate of drug-likeness (QED) is 0.519. The summed E-state index contributed by atoms with van der Waals surface area (Å²) in [6.45, 7) is 7.04. The van der Waals surface area contributed by atoms with Gasteiger partial charge in [-0.25, -0.2) is 0 Å². The second kappa shape index (κ2) is 10.5. The van der Waals surface area contributed by atoms with Crippen LogP contribution in [0.5, 0.6) is 0 Å². The van der Waals surface area contributed by atoms with Gasteiger partial charge in [-0.05, 0) is 67.2 Å². The monoisotopic (exact) mass is 472 g/mol. The van der Waals surface area contributed by atoms with Gasteiger partial charge in [0.25, 0.3) is 0 Å². The summed E-state index contributed by atoms with van der Waals surface area (Å²) in [4.78, 5) is 15.7. The Morgan fingerprint density at radius 2 is 1.82 bits per heavy atom. The van der Waals surface area contributed by atoms with Crippen LogP contribution < -0.4 is 5.32 Å². The molecule has 1 heterocycles. The van der Waals surface area contributed by atoms with Gasteiger partial charge in [0.2, 0.25) is 5.91 Å². The summed E-state index contributed by atoms with van der Waals surface area (Å²) < 4.78 is 38.8. The second-order valence-electron chi connectivity index (χ2n) is 10.3. The number of hydrogen-bond acceptors (Lipinski definition) is 2. The van der Waals surface area contributed by atoms with E-state index < -0.39 is 11.7 Å². The maximum absolute atomic E-state index is 13.2. The third-order valence-electron chi connectivity index (χ3n) is 7.56. The van der Waals surface area contributed by atoms with Crippen molar-refractivity contribution < 1.29 is 18.0 Å². The Morgan fingerprint density at radius 1 is 1.06 bits per heavy atom. The highest BCUT2D eigenvalue weighted by molar-refractivity contribution is 5.84. The van der Waals surface area contributed by atoms with Crippen LogP contribution in [-0.4, -0.2) is 36.5 Å². The van der Waals surface area contributed by atoms with Crippen LogP contribution in [0.2, 0.25) is 0 Å². The average molecular weight is 473 g/mol. The lowest BCUT2D eigenvalue weighted by Crippen LogP contribution is -2.43. The molecular formula is C28H35F3N2O. The molecule has 4 atom stereocenters. The standard InChI is InChI=1S/C28H35F3N2O/c1-19(2)26(21-10-4-3-5-11-21)27(34)32-25-14-13-22-17-33(18-24(22)25)15-7-9-20-8-6-12-23(16-20)28(29,30)31/h3-6,8,10-12,16,19,22,24-26H,7,9,13-15,17-18H2,1-2H3,(H,32,34)/t22-,24+,25+,26?/m1/s1. The normalized spacial score (nSPS) is 23.8. The zero-order valence-electron chi connectivity index (χ0n) is 20.0. The first-order chi connectivity index (χ1) is 16.2. The minimum absolute atomic E-state index is 0.120. The topological polar surface area (TPSA) is 32.3 Å². The molecule has 1 unspecified atom stereocenters. The van der Waals surface area contributed by atoms with Gasteiger partial charge in [-0.15, -0.1) is 0 Å². The predicted octanol–water partition coefficient (Wildman–Crippen LogP) is 5.90. The van der Waals surface area contributed by atoms with E-state index in [0.29, 0.717) is 18.3 Å². The Morgan fingerprint density at radius 3 is 2.53 bits per heavy atom. The fraction of sp³-hybridized carbons (Fsp3) is 0.536. The Balaban J connectivity index is 1.29. The van der Waals surface area contributed by atoms with Crippen LogP contribution >= 0.6 is 0 Å². The number of carbonyl (C=O) groups is 1. The largest absolute Gasteiger partial charge is 0.416 e. The molecule has 1 saturated carbocycles. The van der Waals surface area contributed by atoms with E-state index in [1.807, 2.05) is 30.3 Å². The van der Waals surface area contributed by atoms with E-state index in [1.165, 1.54) is 12.1 Å². The van der Waals surface area contributed by atoms with Gasteiger partial charge in [-0.2, -0.15) is 13.2 Å². The Kier molecular flexibility index (Phi) is 7.66. The summed E-state index contributed by atoms with van der Waals surface area (Å²) in [5.41, 5.74) is 1.22. The molecule has 2 aliphatic rings. The summed E-state index contributed by atoms with van der Waals surface area (Å²) in [6, 6.07) is 15.9. The van der Waals surface area contributed by atoms with E-state index in [9.17, 15) is 18.0 Å². The maximum atomic E-state index is 13.2. The summed E-state index contributed by atoms with van der Waals surface area (Å²) in [7, 11) is 0. The first-order valence-corrected chi connectivity index (χ1v) is 12.5. The molecule has 1 amide bonds.